The maximum atomic E-state index is 11.3. The number of nitrogens with zero attached hydrogens (tertiary/aromatic N) is 1. The lowest BCUT2D eigenvalue weighted by Gasteiger charge is -1.99. The van der Waals surface area contributed by atoms with Gasteiger partial charge in [-0.2, -0.15) is 0 Å². The highest BCUT2D eigenvalue weighted by atomic mass is 32.1. The summed E-state index contributed by atoms with van der Waals surface area (Å²) in [5.74, 6) is 0.460. The molecule has 0 aliphatic carbocycles. The van der Waals surface area contributed by atoms with Crippen molar-refractivity contribution in [1.82, 2.24) is 4.98 Å². The Hall–Kier alpha value is -2.08. The van der Waals surface area contributed by atoms with Crippen molar-refractivity contribution in [2.45, 2.75) is 19.8 Å². The van der Waals surface area contributed by atoms with Crippen LogP contribution < -0.4 is 9.47 Å². The average Bonchev–Trinajstić information content (AvgIpc) is 3.04. The molecule has 0 fully saturated rings. The van der Waals surface area contributed by atoms with E-state index in [0.717, 1.165) is 12.0 Å². The molecule has 0 unspecified atom stereocenters. The predicted molar refractivity (Wildman–Crippen MR) is 74.6 cm³/mol. The van der Waals surface area contributed by atoms with Crippen LogP contribution in [0, 0.1) is 0 Å². The largest absolute Gasteiger partial charge is 0.477 e. The molecule has 6 heteroatoms. The SMILES string of the molecule is CCCc1nc(-c2ccc3c(c2)OCO3)sc1C(=O)O. The monoisotopic (exact) mass is 291 g/mol. The topological polar surface area (TPSA) is 68.7 Å². The fraction of sp³-hybridized carbons (Fsp3) is 0.286. The van der Waals surface area contributed by atoms with Crippen molar-refractivity contribution in [2.24, 2.45) is 0 Å². The Balaban J connectivity index is 2.01. The van der Waals surface area contributed by atoms with Gasteiger partial charge in [0, 0.05) is 5.56 Å². The van der Waals surface area contributed by atoms with E-state index in [0.29, 0.717) is 33.5 Å². The lowest BCUT2D eigenvalue weighted by atomic mass is 10.2. The average molecular weight is 291 g/mol. The van der Waals surface area contributed by atoms with Crippen LogP contribution in [-0.4, -0.2) is 22.9 Å². The molecular weight excluding hydrogens is 278 g/mol. The molecule has 1 aliphatic rings. The number of aromatic carboxylic acids is 1. The van der Waals surface area contributed by atoms with E-state index < -0.39 is 5.97 Å². The number of thiazole rings is 1. The summed E-state index contributed by atoms with van der Waals surface area (Å²) in [6, 6.07) is 5.52. The van der Waals surface area contributed by atoms with Gasteiger partial charge in [0.1, 0.15) is 9.88 Å². The Bertz CT molecular complexity index is 665. The standard InChI is InChI=1S/C14H13NO4S/c1-2-3-9-12(14(16)17)20-13(15-9)8-4-5-10-11(6-8)19-7-18-10/h4-6H,2-3,7H2,1H3,(H,16,17). The summed E-state index contributed by atoms with van der Waals surface area (Å²) in [6.07, 6.45) is 1.53. The van der Waals surface area contributed by atoms with Crippen LogP contribution in [0.5, 0.6) is 11.5 Å². The van der Waals surface area contributed by atoms with Crippen molar-refractivity contribution in [3.05, 3.63) is 28.8 Å². The minimum atomic E-state index is -0.919. The van der Waals surface area contributed by atoms with Gasteiger partial charge in [0.2, 0.25) is 6.79 Å². The van der Waals surface area contributed by atoms with E-state index in [2.05, 4.69) is 4.98 Å². The van der Waals surface area contributed by atoms with Crippen molar-refractivity contribution in [3.63, 3.8) is 0 Å². The molecule has 1 aromatic carbocycles. The maximum Gasteiger partial charge on any atom is 0.347 e. The van der Waals surface area contributed by atoms with E-state index in [-0.39, 0.29) is 6.79 Å². The predicted octanol–water partition coefficient (Wildman–Crippen LogP) is 3.19. The van der Waals surface area contributed by atoms with Gasteiger partial charge in [-0.05, 0) is 24.6 Å². The molecule has 0 saturated heterocycles. The quantitative estimate of drug-likeness (QED) is 0.937. The van der Waals surface area contributed by atoms with Crippen LogP contribution in [0.1, 0.15) is 28.7 Å². The first kappa shape index (κ1) is 12.9. The Morgan fingerprint density at radius 3 is 2.95 bits per heavy atom. The van der Waals surface area contributed by atoms with Crippen LogP contribution in [-0.2, 0) is 6.42 Å². The summed E-state index contributed by atoms with van der Waals surface area (Å²) in [4.78, 5) is 16.0. The number of carboxylic acids is 1. The molecule has 0 amide bonds. The fourth-order valence-corrected chi connectivity index (χ4v) is 3.02. The zero-order valence-electron chi connectivity index (χ0n) is 10.9. The first-order chi connectivity index (χ1) is 9.69. The van der Waals surface area contributed by atoms with Crippen molar-refractivity contribution in [1.29, 1.82) is 0 Å². The number of ether oxygens (including phenoxy) is 2. The number of fused-ring (bicyclic) bond motifs is 1. The van der Waals surface area contributed by atoms with Gasteiger partial charge in [0.15, 0.2) is 11.5 Å². The van der Waals surface area contributed by atoms with Crippen molar-refractivity contribution in [2.75, 3.05) is 6.79 Å². The molecule has 2 heterocycles. The number of hydrogen-bond donors (Lipinski definition) is 1. The smallest absolute Gasteiger partial charge is 0.347 e. The van der Waals surface area contributed by atoms with Crippen LogP contribution in [0.3, 0.4) is 0 Å². The Labute approximate surface area is 119 Å². The highest BCUT2D eigenvalue weighted by molar-refractivity contribution is 7.17. The van der Waals surface area contributed by atoms with Gasteiger partial charge in [0.05, 0.1) is 5.69 Å². The van der Waals surface area contributed by atoms with Crippen molar-refractivity contribution >= 4 is 17.3 Å². The molecule has 1 aromatic heterocycles. The van der Waals surface area contributed by atoms with Crippen LogP contribution in [0.15, 0.2) is 18.2 Å². The van der Waals surface area contributed by atoms with E-state index in [1.54, 1.807) is 0 Å². The fourth-order valence-electron chi connectivity index (χ4n) is 2.08. The third kappa shape index (κ3) is 2.22. The van der Waals surface area contributed by atoms with Crippen LogP contribution >= 0.6 is 11.3 Å². The Morgan fingerprint density at radius 1 is 1.40 bits per heavy atom. The van der Waals surface area contributed by atoms with E-state index in [1.165, 1.54) is 11.3 Å². The molecule has 0 radical (unpaired) electrons. The van der Waals surface area contributed by atoms with Gasteiger partial charge in [0.25, 0.3) is 0 Å². The number of carbonyl (C=O) groups is 1. The third-order valence-electron chi connectivity index (χ3n) is 3.00. The second-order valence-electron chi connectivity index (χ2n) is 4.42. The summed E-state index contributed by atoms with van der Waals surface area (Å²) in [5.41, 5.74) is 1.50. The number of aromatic nitrogens is 1. The highest BCUT2D eigenvalue weighted by Crippen LogP contribution is 2.37. The highest BCUT2D eigenvalue weighted by Gasteiger charge is 2.19. The molecular formula is C14H13NO4S. The number of benzene rings is 1. The molecule has 0 bridgehead atoms. The normalized spacial score (nSPS) is 12.7. The second-order valence-corrected chi connectivity index (χ2v) is 5.42. The minimum absolute atomic E-state index is 0.220. The van der Waals surface area contributed by atoms with Crippen LogP contribution in [0.2, 0.25) is 0 Å². The molecule has 104 valence electrons. The second kappa shape index (κ2) is 5.13. The number of carboxylic acid groups (broad SMARTS) is 1. The molecule has 0 atom stereocenters. The number of rotatable bonds is 4. The third-order valence-corrected chi connectivity index (χ3v) is 4.13. The van der Waals surface area contributed by atoms with Gasteiger partial charge in [-0.3, -0.25) is 0 Å². The molecule has 1 aliphatic heterocycles. The van der Waals surface area contributed by atoms with Crippen molar-refractivity contribution < 1.29 is 19.4 Å². The Morgan fingerprint density at radius 2 is 2.20 bits per heavy atom. The van der Waals surface area contributed by atoms with Gasteiger partial charge in [-0.25, -0.2) is 9.78 Å². The van der Waals surface area contributed by atoms with E-state index in [1.807, 2.05) is 25.1 Å². The molecule has 5 nitrogen and oxygen atoms in total. The zero-order chi connectivity index (χ0) is 14.1. The number of aryl methyl sites for hydroxylation is 1. The lowest BCUT2D eigenvalue weighted by molar-refractivity contribution is 0.0700. The van der Waals surface area contributed by atoms with Crippen LogP contribution in [0.25, 0.3) is 10.6 Å². The molecule has 2 aromatic rings. The first-order valence-corrected chi connectivity index (χ1v) is 7.13. The Kier molecular flexibility index (Phi) is 3.31. The molecule has 3 rings (SSSR count). The van der Waals surface area contributed by atoms with E-state index in [9.17, 15) is 9.90 Å². The van der Waals surface area contributed by atoms with Crippen LogP contribution in [0.4, 0.5) is 0 Å². The molecule has 0 spiro atoms. The molecule has 20 heavy (non-hydrogen) atoms. The minimum Gasteiger partial charge on any atom is -0.477 e. The maximum absolute atomic E-state index is 11.3. The van der Waals surface area contributed by atoms with E-state index in [4.69, 9.17) is 9.47 Å². The van der Waals surface area contributed by atoms with Gasteiger partial charge >= 0.3 is 5.97 Å². The van der Waals surface area contributed by atoms with Gasteiger partial charge in [-0.1, -0.05) is 13.3 Å². The summed E-state index contributed by atoms with van der Waals surface area (Å²) < 4.78 is 10.6. The summed E-state index contributed by atoms with van der Waals surface area (Å²) in [6.45, 7) is 2.23. The molecule has 1 N–H and O–H groups in total. The molecule has 0 saturated carbocycles. The summed E-state index contributed by atoms with van der Waals surface area (Å²) in [5, 5.41) is 9.93. The van der Waals surface area contributed by atoms with Crippen molar-refractivity contribution in [3.8, 4) is 22.1 Å². The summed E-state index contributed by atoms with van der Waals surface area (Å²) in [7, 11) is 0. The lowest BCUT2D eigenvalue weighted by Crippen LogP contribution is -1.98. The van der Waals surface area contributed by atoms with E-state index >= 15 is 0 Å². The van der Waals surface area contributed by atoms with Gasteiger partial charge < -0.3 is 14.6 Å². The first-order valence-electron chi connectivity index (χ1n) is 6.32. The number of hydrogen-bond acceptors (Lipinski definition) is 5. The zero-order valence-corrected chi connectivity index (χ0v) is 11.7. The summed E-state index contributed by atoms with van der Waals surface area (Å²) >= 11 is 1.20. The van der Waals surface area contributed by atoms with Gasteiger partial charge in [-0.15, -0.1) is 11.3 Å².